The third kappa shape index (κ3) is 2.43. The average Bonchev–Trinajstić information content (AvgIpc) is 2.58. The van der Waals surface area contributed by atoms with Crippen LogP contribution in [0.25, 0.3) is 0 Å². The molecule has 0 unspecified atom stereocenters. The lowest BCUT2D eigenvalue weighted by Gasteiger charge is -2.02. The number of hydrogen-bond acceptors (Lipinski definition) is 3. The van der Waals surface area contributed by atoms with Gasteiger partial charge in [0.2, 0.25) is 0 Å². The summed E-state index contributed by atoms with van der Waals surface area (Å²) < 4.78 is 30.9. The summed E-state index contributed by atoms with van der Waals surface area (Å²) in [5.41, 5.74) is 0. The molecule has 0 N–H and O–H groups in total. The molecule has 0 saturated carbocycles. The van der Waals surface area contributed by atoms with Crippen molar-refractivity contribution in [2.45, 2.75) is 0 Å². The number of benzene rings is 1. The van der Waals surface area contributed by atoms with Gasteiger partial charge in [-0.25, -0.2) is 8.78 Å². The lowest BCUT2D eigenvalue weighted by atomic mass is 10.3. The fraction of sp³-hybridized carbons (Fsp3) is 0. The molecule has 0 aliphatic carbocycles. The number of nitrogens with zero attached hydrogens (tertiary/aromatic N) is 1. The van der Waals surface area contributed by atoms with Crippen LogP contribution in [-0.2, 0) is 0 Å². The van der Waals surface area contributed by atoms with E-state index < -0.39 is 11.6 Å². The van der Waals surface area contributed by atoms with Crippen LogP contribution in [0.15, 0.2) is 23.6 Å². The minimum absolute atomic E-state index is 0.171. The lowest BCUT2D eigenvalue weighted by molar-refractivity contribution is 0.434. The van der Waals surface area contributed by atoms with E-state index in [9.17, 15) is 8.78 Å². The molecule has 0 atom stereocenters. The third-order valence-corrected chi connectivity index (χ3v) is 2.59. The molecule has 2 nitrogen and oxygen atoms in total. The SMILES string of the molecule is Fc1ccc(F)c(Oc2nc(Cl)cs2)c1. The first-order valence-corrected chi connectivity index (χ1v) is 5.15. The molecule has 1 heterocycles. The molecule has 0 saturated heterocycles. The second-order valence-corrected chi connectivity index (χ2v) is 3.82. The molecule has 15 heavy (non-hydrogen) atoms. The lowest BCUT2D eigenvalue weighted by Crippen LogP contribution is -1.88. The van der Waals surface area contributed by atoms with Crippen molar-refractivity contribution in [3.63, 3.8) is 0 Å². The number of aromatic nitrogens is 1. The highest BCUT2D eigenvalue weighted by Crippen LogP contribution is 2.29. The largest absolute Gasteiger partial charge is 0.428 e. The fourth-order valence-electron chi connectivity index (χ4n) is 0.935. The van der Waals surface area contributed by atoms with E-state index in [0.29, 0.717) is 0 Å². The first kappa shape index (κ1) is 10.3. The molecule has 0 aliphatic rings. The molecule has 0 spiro atoms. The van der Waals surface area contributed by atoms with Gasteiger partial charge in [-0.15, -0.1) is 0 Å². The summed E-state index contributed by atoms with van der Waals surface area (Å²) in [6.45, 7) is 0. The van der Waals surface area contributed by atoms with Crippen molar-refractivity contribution < 1.29 is 13.5 Å². The Kier molecular flexibility index (Phi) is 2.83. The molecule has 0 radical (unpaired) electrons. The van der Waals surface area contributed by atoms with E-state index in [0.717, 1.165) is 29.5 Å². The Morgan fingerprint density at radius 1 is 1.33 bits per heavy atom. The maximum atomic E-state index is 13.1. The van der Waals surface area contributed by atoms with Crippen LogP contribution in [0.1, 0.15) is 0 Å². The minimum atomic E-state index is -0.650. The minimum Gasteiger partial charge on any atom is -0.428 e. The van der Waals surface area contributed by atoms with Crippen LogP contribution < -0.4 is 4.74 Å². The molecule has 0 aliphatic heterocycles. The average molecular weight is 248 g/mol. The second kappa shape index (κ2) is 4.12. The van der Waals surface area contributed by atoms with Crippen LogP contribution >= 0.6 is 22.9 Å². The predicted molar refractivity (Wildman–Crippen MR) is 53.6 cm³/mol. The molecule has 0 fully saturated rings. The highest BCUT2D eigenvalue weighted by atomic mass is 35.5. The van der Waals surface area contributed by atoms with Gasteiger partial charge in [0.05, 0.1) is 0 Å². The van der Waals surface area contributed by atoms with E-state index in [4.69, 9.17) is 16.3 Å². The zero-order valence-electron chi connectivity index (χ0n) is 7.21. The van der Waals surface area contributed by atoms with E-state index in [1.807, 2.05) is 0 Å². The first-order valence-electron chi connectivity index (χ1n) is 3.89. The highest BCUT2D eigenvalue weighted by molar-refractivity contribution is 7.11. The van der Waals surface area contributed by atoms with Crippen LogP contribution in [0.4, 0.5) is 8.78 Å². The summed E-state index contributed by atoms with van der Waals surface area (Å²) >= 11 is 6.65. The Morgan fingerprint density at radius 3 is 2.80 bits per heavy atom. The van der Waals surface area contributed by atoms with Gasteiger partial charge in [0, 0.05) is 11.4 Å². The van der Waals surface area contributed by atoms with E-state index in [1.165, 1.54) is 5.38 Å². The fourth-order valence-corrected chi connectivity index (χ4v) is 1.74. The molecule has 6 heteroatoms. The van der Waals surface area contributed by atoms with Gasteiger partial charge in [-0.3, -0.25) is 0 Å². The Balaban J connectivity index is 2.27. The van der Waals surface area contributed by atoms with Crippen molar-refractivity contribution in [3.8, 4) is 10.9 Å². The Bertz CT molecular complexity index is 489. The molecule has 0 bridgehead atoms. The van der Waals surface area contributed by atoms with Crippen molar-refractivity contribution in [2.24, 2.45) is 0 Å². The maximum absolute atomic E-state index is 13.1. The molecular formula is C9H4ClF2NOS. The van der Waals surface area contributed by atoms with Gasteiger partial charge in [-0.1, -0.05) is 22.9 Å². The van der Waals surface area contributed by atoms with E-state index in [1.54, 1.807) is 0 Å². The summed E-state index contributed by atoms with van der Waals surface area (Å²) in [5, 5.41) is 1.96. The quantitative estimate of drug-likeness (QED) is 0.804. The predicted octanol–water partition coefficient (Wildman–Crippen LogP) is 3.87. The topological polar surface area (TPSA) is 22.1 Å². The van der Waals surface area contributed by atoms with Gasteiger partial charge in [-0.05, 0) is 12.1 Å². The summed E-state index contributed by atoms with van der Waals surface area (Å²) in [6.07, 6.45) is 0. The van der Waals surface area contributed by atoms with Gasteiger partial charge >= 0.3 is 0 Å². The van der Waals surface area contributed by atoms with Crippen LogP contribution in [0, 0.1) is 11.6 Å². The normalized spacial score (nSPS) is 10.3. The second-order valence-electron chi connectivity index (χ2n) is 2.61. The van der Waals surface area contributed by atoms with Crippen molar-refractivity contribution in [3.05, 3.63) is 40.4 Å². The molecular weight excluding hydrogens is 244 g/mol. The standard InChI is InChI=1S/C9H4ClF2NOS/c10-8-4-15-9(13-8)14-7-3-5(11)1-2-6(7)12/h1-4H. The molecule has 78 valence electrons. The van der Waals surface area contributed by atoms with Crippen molar-refractivity contribution in [1.82, 2.24) is 4.98 Å². The first-order chi connectivity index (χ1) is 7.15. The number of rotatable bonds is 2. The van der Waals surface area contributed by atoms with Crippen LogP contribution in [0.5, 0.6) is 10.9 Å². The molecule has 1 aromatic heterocycles. The van der Waals surface area contributed by atoms with E-state index in [2.05, 4.69) is 4.98 Å². The summed E-state index contributed by atoms with van der Waals surface area (Å²) in [7, 11) is 0. The number of hydrogen-bond donors (Lipinski definition) is 0. The van der Waals surface area contributed by atoms with Crippen LogP contribution in [-0.4, -0.2) is 4.98 Å². The number of halogens is 3. The zero-order chi connectivity index (χ0) is 10.8. The van der Waals surface area contributed by atoms with Crippen LogP contribution in [0.3, 0.4) is 0 Å². The highest BCUT2D eigenvalue weighted by Gasteiger charge is 2.08. The molecule has 0 amide bonds. The van der Waals surface area contributed by atoms with Gasteiger partial charge in [0.25, 0.3) is 5.19 Å². The van der Waals surface area contributed by atoms with Crippen LogP contribution in [0.2, 0.25) is 5.15 Å². The van der Waals surface area contributed by atoms with Gasteiger partial charge in [0.1, 0.15) is 11.0 Å². The molecule has 1 aromatic carbocycles. The van der Waals surface area contributed by atoms with Crippen molar-refractivity contribution in [1.29, 1.82) is 0 Å². The van der Waals surface area contributed by atoms with Gasteiger partial charge in [0.15, 0.2) is 11.6 Å². The Morgan fingerprint density at radius 2 is 2.13 bits per heavy atom. The summed E-state index contributed by atoms with van der Waals surface area (Å²) in [5.74, 6) is -1.43. The monoisotopic (exact) mass is 247 g/mol. The van der Waals surface area contributed by atoms with Gasteiger partial charge in [-0.2, -0.15) is 4.98 Å². The summed E-state index contributed by atoms with van der Waals surface area (Å²) in [6, 6.07) is 2.95. The smallest absolute Gasteiger partial charge is 0.280 e. The maximum Gasteiger partial charge on any atom is 0.280 e. The van der Waals surface area contributed by atoms with E-state index >= 15 is 0 Å². The zero-order valence-corrected chi connectivity index (χ0v) is 8.78. The summed E-state index contributed by atoms with van der Waals surface area (Å²) in [4.78, 5) is 3.75. The van der Waals surface area contributed by atoms with E-state index in [-0.39, 0.29) is 16.1 Å². The van der Waals surface area contributed by atoms with Crippen molar-refractivity contribution in [2.75, 3.05) is 0 Å². The van der Waals surface area contributed by atoms with Gasteiger partial charge < -0.3 is 4.74 Å². The number of ether oxygens (including phenoxy) is 1. The Hall–Kier alpha value is -1.20. The Labute approximate surface area is 93.1 Å². The third-order valence-electron chi connectivity index (χ3n) is 1.55. The number of thiazole rings is 1. The van der Waals surface area contributed by atoms with Crippen molar-refractivity contribution >= 4 is 22.9 Å². The molecule has 2 aromatic rings. The molecule has 2 rings (SSSR count).